The average molecular weight is 282 g/mol. The number of hydrogen-bond donors (Lipinski definition) is 2. The largest absolute Gasteiger partial charge is 0.391 e. The van der Waals surface area contributed by atoms with Crippen molar-refractivity contribution in [3.05, 3.63) is 39.4 Å². The summed E-state index contributed by atoms with van der Waals surface area (Å²) in [6.45, 7) is 2.08. The summed E-state index contributed by atoms with van der Waals surface area (Å²) < 4.78 is 4.76. The Morgan fingerprint density at radius 3 is 2.85 bits per heavy atom. The maximum atomic E-state index is 11.8. The van der Waals surface area contributed by atoms with Gasteiger partial charge in [-0.05, 0) is 19.4 Å². The fourth-order valence-electron chi connectivity index (χ4n) is 1.68. The molecule has 1 unspecified atom stereocenters. The first kappa shape index (κ1) is 16.1. The Morgan fingerprint density at radius 2 is 2.25 bits per heavy atom. The molecule has 1 aromatic rings. The molecule has 7 heteroatoms. The molecule has 0 saturated heterocycles. The highest BCUT2D eigenvalue weighted by atomic mass is 16.6. The fraction of sp³-hybridized carbons (Fsp3) is 0.462. The van der Waals surface area contributed by atoms with E-state index < -0.39 is 16.9 Å². The first-order valence-electron chi connectivity index (χ1n) is 6.16. The van der Waals surface area contributed by atoms with Gasteiger partial charge in [0.05, 0.1) is 17.6 Å². The van der Waals surface area contributed by atoms with Gasteiger partial charge < -0.3 is 15.2 Å². The van der Waals surface area contributed by atoms with Gasteiger partial charge in [0, 0.05) is 30.8 Å². The van der Waals surface area contributed by atoms with Crippen LogP contribution in [0.5, 0.6) is 0 Å². The van der Waals surface area contributed by atoms with Crippen LogP contribution in [-0.4, -0.2) is 42.3 Å². The highest BCUT2D eigenvalue weighted by Gasteiger charge is 2.15. The molecule has 0 aromatic heterocycles. The van der Waals surface area contributed by atoms with Crippen LogP contribution in [0.4, 0.5) is 5.69 Å². The molecule has 0 bridgehead atoms. The molecule has 0 saturated carbocycles. The molecule has 20 heavy (non-hydrogen) atoms. The molecule has 1 aromatic carbocycles. The van der Waals surface area contributed by atoms with Gasteiger partial charge in [0.1, 0.15) is 0 Å². The molecular weight excluding hydrogens is 264 g/mol. The Balaban J connectivity index is 2.60. The second kappa shape index (κ2) is 7.56. The SMILES string of the molecule is COCC(O)CCNC(=O)c1ccc(C)c([N+](=O)[O-])c1. The predicted molar refractivity (Wildman–Crippen MR) is 72.7 cm³/mol. The minimum atomic E-state index is -0.646. The van der Waals surface area contributed by atoms with Crippen molar-refractivity contribution in [1.82, 2.24) is 5.32 Å². The zero-order valence-electron chi connectivity index (χ0n) is 11.5. The number of ether oxygens (including phenoxy) is 1. The van der Waals surface area contributed by atoms with Crippen molar-refractivity contribution in [1.29, 1.82) is 0 Å². The fourth-order valence-corrected chi connectivity index (χ4v) is 1.68. The molecule has 0 aliphatic carbocycles. The minimum Gasteiger partial charge on any atom is -0.391 e. The van der Waals surface area contributed by atoms with Crippen molar-refractivity contribution in [2.45, 2.75) is 19.4 Å². The molecule has 0 fully saturated rings. The third-order valence-electron chi connectivity index (χ3n) is 2.79. The minimum absolute atomic E-state index is 0.0860. The van der Waals surface area contributed by atoms with Gasteiger partial charge in [-0.2, -0.15) is 0 Å². The van der Waals surface area contributed by atoms with Crippen LogP contribution in [-0.2, 0) is 4.74 Å². The lowest BCUT2D eigenvalue weighted by Gasteiger charge is -2.10. The number of aliphatic hydroxyl groups excluding tert-OH is 1. The summed E-state index contributed by atoms with van der Waals surface area (Å²) in [6.07, 6.45) is -0.291. The van der Waals surface area contributed by atoms with Crippen LogP contribution in [0.3, 0.4) is 0 Å². The molecule has 2 N–H and O–H groups in total. The van der Waals surface area contributed by atoms with Crippen LogP contribution in [0, 0.1) is 17.0 Å². The van der Waals surface area contributed by atoms with Crippen molar-refractivity contribution >= 4 is 11.6 Å². The van der Waals surface area contributed by atoms with Gasteiger partial charge >= 0.3 is 0 Å². The monoisotopic (exact) mass is 282 g/mol. The van der Waals surface area contributed by atoms with Crippen molar-refractivity contribution in [3.63, 3.8) is 0 Å². The third-order valence-corrected chi connectivity index (χ3v) is 2.79. The molecular formula is C13H18N2O5. The molecule has 110 valence electrons. The predicted octanol–water partition coefficient (Wildman–Crippen LogP) is 1.03. The molecule has 1 rings (SSSR count). The zero-order valence-corrected chi connectivity index (χ0v) is 11.5. The van der Waals surface area contributed by atoms with Crippen LogP contribution in [0.1, 0.15) is 22.3 Å². The number of nitrogens with zero attached hydrogens (tertiary/aromatic N) is 1. The summed E-state index contributed by atoms with van der Waals surface area (Å²) in [4.78, 5) is 22.1. The molecule has 1 atom stereocenters. The summed E-state index contributed by atoms with van der Waals surface area (Å²) in [7, 11) is 1.48. The van der Waals surface area contributed by atoms with E-state index in [-0.39, 0.29) is 24.4 Å². The number of carbonyl (C=O) groups is 1. The number of carbonyl (C=O) groups excluding carboxylic acids is 1. The lowest BCUT2D eigenvalue weighted by atomic mass is 10.1. The van der Waals surface area contributed by atoms with Crippen molar-refractivity contribution in [2.75, 3.05) is 20.3 Å². The van der Waals surface area contributed by atoms with Crippen LogP contribution in [0.2, 0.25) is 0 Å². The molecule has 7 nitrogen and oxygen atoms in total. The Morgan fingerprint density at radius 1 is 1.55 bits per heavy atom. The summed E-state index contributed by atoms with van der Waals surface area (Å²) in [6, 6.07) is 4.31. The molecule has 0 aliphatic heterocycles. The third kappa shape index (κ3) is 4.60. The maximum Gasteiger partial charge on any atom is 0.273 e. The summed E-state index contributed by atoms with van der Waals surface area (Å²) in [5.41, 5.74) is 0.641. The smallest absolute Gasteiger partial charge is 0.273 e. The molecule has 0 radical (unpaired) electrons. The number of methoxy groups -OCH3 is 1. The van der Waals surface area contributed by atoms with E-state index in [2.05, 4.69) is 5.32 Å². The summed E-state index contributed by atoms with van der Waals surface area (Å²) in [5, 5.41) is 22.8. The van der Waals surface area contributed by atoms with Crippen LogP contribution < -0.4 is 5.32 Å². The van der Waals surface area contributed by atoms with Gasteiger partial charge in [-0.15, -0.1) is 0 Å². The second-order valence-electron chi connectivity index (χ2n) is 4.41. The van der Waals surface area contributed by atoms with E-state index in [1.54, 1.807) is 6.92 Å². The number of rotatable bonds is 7. The van der Waals surface area contributed by atoms with Gasteiger partial charge in [0.15, 0.2) is 0 Å². The van der Waals surface area contributed by atoms with E-state index in [1.807, 2.05) is 0 Å². The van der Waals surface area contributed by atoms with E-state index in [1.165, 1.54) is 25.3 Å². The van der Waals surface area contributed by atoms with E-state index in [0.29, 0.717) is 12.0 Å². The Labute approximate surface area is 116 Å². The van der Waals surface area contributed by atoms with E-state index in [4.69, 9.17) is 4.74 Å². The number of amides is 1. The number of aliphatic hydroxyl groups is 1. The van der Waals surface area contributed by atoms with Gasteiger partial charge in [0.2, 0.25) is 0 Å². The van der Waals surface area contributed by atoms with E-state index >= 15 is 0 Å². The van der Waals surface area contributed by atoms with Crippen molar-refractivity contribution in [2.24, 2.45) is 0 Å². The number of nitro benzene ring substituents is 1. The lowest BCUT2D eigenvalue weighted by Crippen LogP contribution is -2.28. The molecule has 0 spiro atoms. The van der Waals surface area contributed by atoms with Crippen LogP contribution >= 0.6 is 0 Å². The number of hydrogen-bond acceptors (Lipinski definition) is 5. The van der Waals surface area contributed by atoms with Crippen LogP contribution in [0.25, 0.3) is 0 Å². The van der Waals surface area contributed by atoms with Crippen molar-refractivity contribution < 1.29 is 19.6 Å². The molecule has 0 heterocycles. The number of benzene rings is 1. The topological polar surface area (TPSA) is 102 Å². The van der Waals surface area contributed by atoms with Crippen molar-refractivity contribution in [3.8, 4) is 0 Å². The quantitative estimate of drug-likeness (QED) is 0.574. The normalized spacial score (nSPS) is 11.9. The lowest BCUT2D eigenvalue weighted by molar-refractivity contribution is -0.385. The number of nitrogens with one attached hydrogen (secondary N) is 1. The number of nitro groups is 1. The van der Waals surface area contributed by atoms with Gasteiger partial charge in [0.25, 0.3) is 11.6 Å². The zero-order chi connectivity index (χ0) is 15.1. The molecule has 0 aliphatic rings. The molecule has 1 amide bonds. The summed E-state index contributed by atoms with van der Waals surface area (Å²) in [5.74, 6) is -0.405. The summed E-state index contributed by atoms with van der Waals surface area (Å²) >= 11 is 0. The second-order valence-corrected chi connectivity index (χ2v) is 4.41. The van der Waals surface area contributed by atoms with Gasteiger partial charge in [-0.3, -0.25) is 14.9 Å². The van der Waals surface area contributed by atoms with Crippen LogP contribution in [0.15, 0.2) is 18.2 Å². The average Bonchev–Trinajstić information content (AvgIpc) is 2.39. The first-order valence-corrected chi connectivity index (χ1v) is 6.16. The highest BCUT2D eigenvalue weighted by Crippen LogP contribution is 2.19. The standard InChI is InChI=1S/C13H18N2O5/c1-9-3-4-10(7-12(9)15(18)19)13(17)14-6-5-11(16)8-20-2/h3-4,7,11,16H,5-6,8H2,1-2H3,(H,14,17). The maximum absolute atomic E-state index is 11.8. The van der Waals surface area contributed by atoms with E-state index in [0.717, 1.165) is 0 Å². The highest BCUT2D eigenvalue weighted by molar-refractivity contribution is 5.94. The van der Waals surface area contributed by atoms with Gasteiger partial charge in [-0.25, -0.2) is 0 Å². The Bertz CT molecular complexity index is 490. The number of aryl methyl sites for hydroxylation is 1. The Hall–Kier alpha value is -1.99. The van der Waals surface area contributed by atoms with Gasteiger partial charge in [-0.1, -0.05) is 6.07 Å². The first-order chi connectivity index (χ1) is 9.45. The van der Waals surface area contributed by atoms with E-state index in [9.17, 15) is 20.0 Å². The Kier molecular flexibility index (Phi) is 6.08.